The van der Waals surface area contributed by atoms with E-state index in [0.29, 0.717) is 24.7 Å². The lowest BCUT2D eigenvalue weighted by Gasteiger charge is -2.42. The van der Waals surface area contributed by atoms with Crippen molar-refractivity contribution in [2.45, 2.75) is 32.3 Å². The molecule has 0 unspecified atom stereocenters. The van der Waals surface area contributed by atoms with Crippen LogP contribution in [0.2, 0.25) is 0 Å². The highest BCUT2D eigenvalue weighted by Gasteiger charge is 2.58. The van der Waals surface area contributed by atoms with Gasteiger partial charge in [0.05, 0.1) is 28.6 Å². The van der Waals surface area contributed by atoms with Crippen LogP contribution in [0.15, 0.2) is 59.6 Å². The molecule has 2 aromatic carbocycles. The Bertz CT molecular complexity index is 1210. The van der Waals surface area contributed by atoms with Crippen LogP contribution in [-0.4, -0.2) is 34.0 Å². The molecule has 2 saturated heterocycles. The van der Waals surface area contributed by atoms with Crippen molar-refractivity contribution in [2.75, 3.05) is 4.90 Å². The number of imide groups is 1. The Morgan fingerprint density at radius 1 is 1.15 bits per heavy atom. The van der Waals surface area contributed by atoms with E-state index in [9.17, 15) is 29.8 Å². The predicted octanol–water partition coefficient (Wildman–Crippen LogP) is 3.31. The molecule has 0 bridgehead atoms. The molecule has 1 aliphatic carbocycles. The second kappa shape index (κ2) is 8.37. The molecule has 0 saturated carbocycles. The van der Waals surface area contributed by atoms with Gasteiger partial charge in [-0.3, -0.25) is 19.7 Å². The fourth-order valence-electron chi connectivity index (χ4n) is 5.65. The molecule has 174 valence electrons. The number of amides is 2. The Balaban J connectivity index is 1.53. The highest BCUT2D eigenvalue weighted by atomic mass is 16.6. The van der Waals surface area contributed by atoms with Gasteiger partial charge < -0.3 is 14.8 Å². The molecule has 0 spiro atoms. The van der Waals surface area contributed by atoms with Gasteiger partial charge in [-0.15, -0.1) is 0 Å². The van der Waals surface area contributed by atoms with Crippen LogP contribution < -0.4 is 4.90 Å². The minimum Gasteiger partial charge on any atom is -0.508 e. The lowest BCUT2D eigenvalue weighted by Crippen LogP contribution is -2.44. The molecule has 2 aromatic rings. The monoisotopic (exact) mass is 462 g/mol. The van der Waals surface area contributed by atoms with Gasteiger partial charge in [-0.2, -0.15) is 0 Å². The van der Waals surface area contributed by atoms with Gasteiger partial charge >= 0.3 is 7.12 Å². The summed E-state index contributed by atoms with van der Waals surface area (Å²) in [6.45, 7) is 1.94. The molecule has 5 rings (SSSR count). The number of nitro groups is 1. The van der Waals surface area contributed by atoms with Crippen molar-refractivity contribution in [1.29, 1.82) is 0 Å². The molecule has 2 N–H and O–H groups in total. The molecule has 3 aliphatic rings. The number of non-ortho nitro benzene ring substituents is 1. The van der Waals surface area contributed by atoms with Crippen LogP contribution in [0.5, 0.6) is 5.75 Å². The Morgan fingerprint density at radius 2 is 1.88 bits per heavy atom. The number of hydrogen-bond acceptors (Lipinski definition) is 7. The number of phenols is 1. The third-order valence-electron chi connectivity index (χ3n) is 7.20. The van der Waals surface area contributed by atoms with Gasteiger partial charge in [0.2, 0.25) is 11.8 Å². The number of hydrogen-bond donors (Lipinski definition) is 2. The first kappa shape index (κ1) is 22.3. The van der Waals surface area contributed by atoms with Crippen molar-refractivity contribution in [3.8, 4) is 5.75 Å². The number of rotatable bonds is 4. The topological polar surface area (TPSA) is 130 Å². The van der Waals surface area contributed by atoms with E-state index >= 15 is 0 Å². The van der Waals surface area contributed by atoms with Crippen LogP contribution in [0.1, 0.15) is 37.9 Å². The summed E-state index contributed by atoms with van der Waals surface area (Å²) in [5.74, 6) is -2.36. The summed E-state index contributed by atoms with van der Waals surface area (Å²) in [7, 11) is -1.21. The zero-order chi connectivity index (χ0) is 24.1. The van der Waals surface area contributed by atoms with Crippen LogP contribution in [0.3, 0.4) is 0 Å². The zero-order valence-electron chi connectivity index (χ0n) is 18.5. The van der Waals surface area contributed by atoms with E-state index in [1.54, 1.807) is 12.1 Å². The second-order valence-electron chi connectivity index (χ2n) is 8.95. The summed E-state index contributed by atoms with van der Waals surface area (Å²) in [5.41, 5.74) is 2.31. The number of carbonyl (C=O) groups is 2. The second-order valence-corrected chi connectivity index (χ2v) is 8.95. The first-order chi connectivity index (χ1) is 16.3. The molecule has 4 atom stereocenters. The van der Waals surface area contributed by atoms with Crippen LogP contribution in [0, 0.1) is 27.9 Å². The summed E-state index contributed by atoms with van der Waals surface area (Å²) in [6, 6.07) is 12.0. The standard InChI is InChI=1S/C24H23BN2O7/c1-2-13-10-19-21(24(30)26(23(19)29)15-4-3-5-16(11-15)27(32)33)18-12-20(34-25(31)22(13)18)14-6-8-17(28)9-7-14/h3-9,11,18-21,28,31H,2,10,12H2,1H3/t18-,19-,20-,21+/m0/s1. The van der Waals surface area contributed by atoms with Crippen LogP contribution in [-0.2, 0) is 14.2 Å². The van der Waals surface area contributed by atoms with E-state index in [2.05, 4.69) is 0 Å². The Kier molecular flexibility index (Phi) is 5.49. The van der Waals surface area contributed by atoms with Crippen molar-refractivity contribution in [3.63, 3.8) is 0 Å². The molecule has 34 heavy (non-hydrogen) atoms. The van der Waals surface area contributed by atoms with E-state index in [4.69, 9.17) is 4.65 Å². The van der Waals surface area contributed by atoms with E-state index < -0.39 is 41.8 Å². The summed E-state index contributed by atoms with van der Waals surface area (Å²) in [6.07, 6.45) is 0.824. The van der Waals surface area contributed by atoms with Gasteiger partial charge in [0.15, 0.2) is 0 Å². The Labute approximate surface area is 195 Å². The quantitative estimate of drug-likeness (QED) is 0.309. The average Bonchev–Trinajstić information content (AvgIpc) is 3.08. The molecule has 0 aromatic heterocycles. The van der Waals surface area contributed by atoms with E-state index in [-0.39, 0.29) is 23.0 Å². The fourth-order valence-corrected chi connectivity index (χ4v) is 5.65. The molecule has 0 radical (unpaired) electrons. The normalized spacial score (nSPS) is 26.5. The molecule has 2 amide bonds. The Morgan fingerprint density at radius 3 is 2.56 bits per heavy atom. The highest BCUT2D eigenvalue weighted by Crippen LogP contribution is 2.52. The number of benzene rings is 2. The maximum atomic E-state index is 13.6. The minimum atomic E-state index is -1.21. The third kappa shape index (κ3) is 3.50. The number of anilines is 1. The van der Waals surface area contributed by atoms with Crippen LogP contribution >= 0.6 is 0 Å². The number of phenolic OH excluding ortho intramolecular Hbond substituents is 1. The first-order valence-electron chi connectivity index (χ1n) is 11.3. The maximum Gasteiger partial charge on any atom is 0.487 e. The number of nitro benzene ring substituents is 1. The van der Waals surface area contributed by atoms with Crippen molar-refractivity contribution >= 4 is 30.3 Å². The molecule has 2 aliphatic heterocycles. The number of fused-ring (bicyclic) bond motifs is 3. The van der Waals surface area contributed by atoms with Gasteiger partial charge in [0.1, 0.15) is 5.75 Å². The molecule has 2 heterocycles. The lowest BCUT2D eigenvalue weighted by atomic mass is 9.55. The molecule has 9 nitrogen and oxygen atoms in total. The van der Waals surface area contributed by atoms with Crippen molar-refractivity contribution in [1.82, 2.24) is 0 Å². The van der Waals surface area contributed by atoms with E-state index in [1.807, 2.05) is 6.92 Å². The van der Waals surface area contributed by atoms with Crippen molar-refractivity contribution in [3.05, 3.63) is 75.3 Å². The van der Waals surface area contributed by atoms with Gasteiger partial charge in [0, 0.05) is 12.1 Å². The van der Waals surface area contributed by atoms with Crippen molar-refractivity contribution in [2.24, 2.45) is 17.8 Å². The fraction of sp³-hybridized carbons (Fsp3) is 0.333. The summed E-state index contributed by atoms with van der Waals surface area (Å²) in [4.78, 5) is 38.8. The average molecular weight is 462 g/mol. The SMILES string of the molecule is CCC1=C2B(O)O[C@H](c3ccc(O)cc3)C[C@H]2[C@H]2C(=O)N(c3cccc([N+](=O)[O-])c3)C(=O)[C@H]2C1. The van der Waals surface area contributed by atoms with E-state index in [1.165, 1.54) is 36.4 Å². The largest absolute Gasteiger partial charge is 0.508 e. The lowest BCUT2D eigenvalue weighted by molar-refractivity contribution is -0.384. The van der Waals surface area contributed by atoms with Gasteiger partial charge in [-0.25, -0.2) is 4.90 Å². The summed E-state index contributed by atoms with van der Waals surface area (Å²) >= 11 is 0. The molecule has 10 heteroatoms. The van der Waals surface area contributed by atoms with Crippen molar-refractivity contribution < 1.29 is 29.3 Å². The van der Waals surface area contributed by atoms with Gasteiger partial charge in [0.25, 0.3) is 5.69 Å². The minimum absolute atomic E-state index is 0.107. The Hall–Kier alpha value is -3.50. The zero-order valence-corrected chi connectivity index (χ0v) is 18.5. The maximum absolute atomic E-state index is 13.6. The first-order valence-corrected chi connectivity index (χ1v) is 11.3. The van der Waals surface area contributed by atoms with Crippen LogP contribution in [0.25, 0.3) is 0 Å². The number of nitrogens with zero attached hydrogens (tertiary/aromatic N) is 2. The highest BCUT2D eigenvalue weighted by molar-refractivity contribution is 6.53. The van der Waals surface area contributed by atoms with Crippen LogP contribution in [0.4, 0.5) is 11.4 Å². The number of carbonyl (C=O) groups excluding carboxylic acids is 2. The van der Waals surface area contributed by atoms with Gasteiger partial charge in [-0.1, -0.05) is 30.7 Å². The predicted molar refractivity (Wildman–Crippen MR) is 123 cm³/mol. The molecule has 2 fully saturated rings. The number of allylic oxidation sites excluding steroid dienone is 2. The summed E-state index contributed by atoms with van der Waals surface area (Å²) in [5, 5.41) is 31.8. The number of aromatic hydroxyl groups is 1. The molecular formula is C24H23BN2O7. The van der Waals surface area contributed by atoms with Gasteiger partial charge in [-0.05, 0) is 54.4 Å². The smallest absolute Gasteiger partial charge is 0.487 e. The van der Waals surface area contributed by atoms with E-state index in [0.717, 1.165) is 16.0 Å². The molecular weight excluding hydrogens is 439 g/mol. The summed E-state index contributed by atoms with van der Waals surface area (Å²) < 4.78 is 5.91. The third-order valence-corrected chi connectivity index (χ3v) is 7.20.